The van der Waals surface area contributed by atoms with Crippen LogP contribution in [-0.2, 0) is 6.42 Å². The second-order valence-electron chi connectivity index (χ2n) is 3.56. The molecule has 2 rings (SSSR count). The standard InChI is InChI=1S/C12H8Cl2F2O/c13-8(11-3-4-12(14)17-11)5-7-1-2-9(15)10(16)6-7/h1-4,6,8H,5H2. The van der Waals surface area contributed by atoms with Crippen molar-refractivity contribution in [3.63, 3.8) is 0 Å². The maximum atomic E-state index is 13.0. The number of benzene rings is 1. The molecule has 1 unspecified atom stereocenters. The number of halogens is 4. The lowest BCUT2D eigenvalue weighted by atomic mass is 10.1. The smallest absolute Gasteiger partial charge is 0.193 e. The monoisotopic (exact) mass is 276 g/mol. The third kappa shape index (κ3) is 2.99. The van der Waals surface area contributed by atoms with Crippen molar-refractivity contribution in [2.75, 3.05) is 0 Å². The first kappa shape index (κ1) is 12.4. The van der Waals surface area contributed by atoms with Crippen molar-refractivity contribution in [3.8, 4) is 0 Å². The summed E-state index contributed by atoms with van der Waals surface area (Å²) in [5.74, 6) is -1.26. The predicted octanol–water partition coefficient (Wildman–Crippen LogP) is 4.73. The largest absolute Gasteiger partial charge is 0.448 e. The van der Waals surface area contributed by atoms with Crippen molar-refractivity contribution in [2.45, 2.75) is 11.8 Å². The number of hydrogen-bond acceptors (Lipinski definition) is 1. The molecule has 0 radical (unpaired) electrons. The van der Waals surface area contributed by atoms with E-state index in [1.165, 1.54) is 6.07 Å². The van der Waals surface area contributed by atoms with Gasteiger partial charge in [-0.1, -0.05) is 6.07 Å². The number of hydrogen-bond donors (Lipinski definition) is 0. The van der Waals surface area contributed by atoms with Gasteiger partial charge in [-0.05, 0) is 47.9 Å². The molecule has 0 fully saturated rings. The molecule has 1 nitrogen and oxygen atoms in total. The van der Waals surface area contributed by atoms with E-state index >= 15 is 0 Å². The highest BCUT2D eigenvalue weighted by Gasteiger charge is 2.14. The molecule has 1 aromatic heterocycles. The summed E-state index contributed by atoms with van der Waals surface area (Å²) >= 11 is 11.7. The Morgan fingerprint density at radius 1 is 1.12 bits per heavy atom. The van der Waals surface area contributed by atoms with E-state index < -0.39 is 17.0 Å². The molecule has 0 aliphatic carbocycles. The summed E-state index contributed by atoms with van der Waals surface area (Å²) in [4.78, 5) is 0. The van der Waals surface area contributed by atoms with Gasteiger partial charge in [0.05, 0.1) is 5.38 Å². The number of furan rings is 1. The average molecular weight is 277 g/mol. The van der Waals surface area contributed by atoms with Gasteiger partial charge in [-0.2, -0.15) is 0 Å². The van der Waals surface area contributed by atoms with E-state index in [2.05, 4.69) is 0 Å². The van der Waals surface area contributed by atoms with Crippen molar-refractivity contribution in [1.82, 2.24) is 0 Å². The summed E-state index contributed by atoms with van der Waals surface area (Å²) in [6.45, 7) is 0. The van der Waals surface area contributed by atoms with Gasteiger partial charge in [0, 0.05) is 0 Å². The maximum absolute atomic E-state index is 13.0. The molecule has 0 saturated heterocycles. The Morgan fingerprint density at radius 2 is 1.88 bits per heavy atom. The van der Waals surface area contributed by atoms with Gasteiger partial charge in [0.15, 0.2) is 16.9 Å². The Balaban J connectivity index is 2.12. The van der Waals surface area contributed by atoms with Crippen LogP contribution < -0.4 is 0 Å². The SMILES string of the molecule is Fc1ccc(CC(Cl)c2ccc(Cl)o2)cc1F. The van der Waals surface area contributed by atoms with Gasteiger partial charge in [-0.15, -0.1) is 11.6 Å². The Kier molecular flexibility index (Phi) is 3.69. The molecule has 1 atom stereocenters. The fourth-order valence-corrected chi connectivity index (χ4v) is 1.92. The van der Waals surface area contributed by atoms with Crippen LogP contribution in [0.4, 0.5) is 8.78 Å². The molecule has 0 N–H and O–H groups in total. The molecule has 17 heavy (non-hydrogen) atoms. The van der Waals surface area contributed by atoms with E-state index in [-0.39, 0.29) is 5.22 Å². The van der Waals surface area contributed by atoms with Gasteiger partial charge in [-0.25, -0.2) is 8.78 Å². The first-order valence-corrected chi connectivity index (χ1v) is 5.71. The van der Waals surface area contributed by atoms with Gasteiger partial charge in [-0.3, -0.25) is 0 Å². The normalized spacial score (nSPS) is 12.7. The van der Waals surface area contributed by atoms with Crippen molar-refractivity contribution in [1.29, 1.82) is 0 Å². The lowest BCUT2D eigenvalue weighted by Crippen LogP contribution is -1.96. The number of alkyl halides is 1. The molecule has 0 spiro atoms. The second kappa shape index (κ2) is 5.07. The van der Waals surface area contributed by atoms with E-state index in [9.17, 15) is 8.78 Å². The molecule has 0 aliphatic heterocycles. The Bertz CT molecular complexity index is 525. The molecule has 0 saturated carbocycles. The molecule has 2 aromatic rings. The summed E-state index contributed by atoms with van der Waals surface area (Å²) < 4.78 is 30.8. The minimum Gasteiger partial charge on any atom is -0.448 e. The fourth-order valence-electron chi connectivity index (χ4n) is 1.47. The predicted molar refractivity (Wildman–Crippen MR) is 62.4 cm³/mol. The molecule has 1 heterocycles. The Labute approximate surface area is 107 Å². The van der Waals surface area contributed by atoms with E-state index in [0.29, 0.717) is 17.7 Å². The molecule has 0 bridgehead atoms. The second-order valence-corrected chi connectivity index (χ2v) is 4.46. The summed E-state index contributed by atoms with van der Waals surface area (Å²) in [6, 6.07) is 6.91. The molecular weight excluding hydrogens is 269 g/mol. The fraction of sp³-hybridized carbons (Fsp3) is 0.167. The van der Waals surface area contributed by atoms with Crippen molar-refractivity contribution >= 4 is 23.2 Å². The van der Waals surface area contributed by atoms with Crippen LogP contribution in [0.2, 0.25) is 5.22 Å². The Hall–Kier alpha value is -1.06. The summed E-state index contributed by atoms with van der Waals surface area (Å²) in [5.41, 5.74) is 0.594. The van der Waals surface area contributed by atoms with E-state index in [4.69, 9.17) is 27.6 Å². The lowest BCUT2D eigenvalue weighted by Gasteiger charge is -2.06. The van der Waals surface area contributed by atoms with E-state index in [1.807, 2.05) is 0 Å². The Morgan fingerprint density at radius 3 is 2.47 bits per heavy atom. The third-order valence-electron chi connectivity index (χ3n) is 2.30. The molecule has 0 aliphatic rings. The van der Waals surface area contributed by atoms with Crippen molar-refractivity contribution in [2.24, 2.45) is 0 Å². The van der Waals surface area contributed by atoms with Gasteiger partial charge >= 0.3 is 0 Å². The van der Waals surface area contributed by atoms with Crippen molar-refractivity contribution in [3.05, 3.63) is 58.5 Å². The molecule has 90 valence electrons. The van der Waals surface area contributed by atoms with E-state index in [0.717, 1.165) is 12.1 Å². The van der Waals surface area contributed by atoms with Gasteiger partial charge in [0.25, 0.3) is 0 Å². The minimum absolute atomic E-state index is 0.246. The minimum atomic E-state index is -0.885. The van der Waals surface area contributed by atoms with Crippen LogP contribution >= 0.6 is 23.2 Å². The zero-order valence-electron chi connectivity index (χ0n) is 8.59. The zero-order chi connectivity index (χ0) is 12.4. The molecule has 5 heteroatoms. The highest BCUT2D eigenvalue weighted by atomic mass is 35.5. The first-order valence-electron chi connectivity index (χ1n) is 4.89. The van der Waals surface area contributed by atoms with Crippen LogP contribution in [0, 0.1) is 11.6 Å². The molecule has 0 amide bonds. The van der Waals surface area contributed by atoms with Gasteiger partial charge in [0.2, 0.25) is 0 Å². The summed E-state index contributed by atoms with van der Waals surface area (Å²) in [7, 11) is 0. The van der Waals surface area contributed by atoms with Gasteiger partial charge in [0.1, 0.15) is 5.76 Å². The quantitative estimate of drug-likeness (QED) is 0.739. The van der Waals surface area contributed by atoms with Crippen LogP contribution in [0.5, 0.6) is 0 Å². The average Bonchev–Trinajstić information content (AvgIpc) is 2.70. The topological polar surface area (TPSA) is 13.1 Å². The zero-order valence-corrected chi connectivity index (χ0v) is 10.1. The highest BCUT2D eigenvalue weighted by molar-refractivity contribution is 6.29. The summed E-state index contributed by atoms with van der Waals surface area (Å²) in [6.07, 6.45) is 0.336. The van der Waals surface area contributed by atoms with Crippen molar-refractivity contribution < 1.29 is 13.2 Å². The van der Waals surface area contributed by atoms with E-state index in [1.54, 1.807) is 12.1 Å². The van der Waals surface area contributed by atoms with Crippen LogP contribution in [0.3, 0.4) is 0 Å². The lowest BCUT2D eigenvalue weighted by molar-refractivity contribution is 0.498. The summed E-state index contributed by atoms with van der Waals surface area (Å²) in [5, 5.41) is -0.219. The first-order chi connectivity index (χ1) is 8.06. The number of rotatable bonds is 3. The highest BCUT2D eigenvalue weighted by Crippen LogP contribution is 2.28. The van der Waals surface area contributed by atoms with Crippen LogP contribution in [-0.4, -0.2) is 0 Å². The third-order valence-corrected chi connectivity index (χ3v) is 2.87. The van der Waals surface area contributed by atoms with Crippen LogP contribution in [0.15, 0.2) is 34.7 Å². The maximum Gasteiger partial charge on any atom is 0.193 e. The van der Waals surface area contributed by atoms with Crippen LogP contribution in [0.25, 0.3) is 0 Å². The molecular formula is C12H8Cl2F2O. The molecule has 1 aromatic carbocycles. The van der Waals surface area contributed by atoms with Crippen LogP contribution in [0.1, 0.15) is 16.7 Å². The van der Waals surface area contributed by atoms with Gasteiger partial charge < -0.3 is 4.42 Å².